The lowest BCUT2D eigenvalue weighted by Crippen LogP contribution is -2.54. The standard InChI is InChI=1S/C18H13N3O5/c1-11-7-8-12(10-15(11)21(25)26)9-14-16(22)19-18(24)20(17(14)23)13-5-3-2-4-6-13/h2-10H,1H3,(H,19,22,24)/b14-9+. The molecule has 0 aliphatic carbocycles. The Hall–Kier alpha value is -3.81. The number of anilines is 1. The maximum atomic E-state index is 12.7. The fraction of sp³-hybridized carbons (Fsp3) is 0.0556. The number of carbonyl (C=O) groups excluding carboxylic acids is 3. The van der Waals surface area contributed by atoms with Crippen molar-refractivity contribution in [1.29, 1.82) is 0 Å². The Labute approximate surface area is 147 Å². The van der Waals surface area contributed by atoms with Gasteiger partial charge in [-0.05, 0) is 30.7 Å². The molecule has 130 valence electrons. The van der Waals surface area contributed by atoms with Gasteiger partial charge in [-0.15, -0.1) is 0 Å². The van der Waals surface area contributed by atoms with Crippen LogP contribution in [0.4, 0.5) is 16.2 Å². The van der Waals surface area contributed by atoms with Crippen molar-refractivity contribution in [3.8, 4) is 0 Å². The molecule has 26 heavy (non-hydrogen) atoms. The summed E-state index contributed by atoms with van der Waals surface area (Å²) >= 11 is 0. The van der Waals surface area contributed by atoms with Gasteiger partial charge in [0.05, 0.1) is 10.6 Å². The summed E-state index contributed by atoms with van der Waals surface area (Å²) in [6, 6.07) is 11.6. The van der Waals surface area contributed by atoms with Gasteiger partial charge in [-0.25, -0.2) is 9.69 Å². The van der Waals surface area contributed by atoms with Crippen LogP contribution in [0.1, 0.15) is 11.1 Å². The van der Waals surface area contributed by atoms with Gasteiger partial charge in [-0.1, -0.05) is 30.3 Å². The molecule has 2 aromatic carbocycles. The monoisotopic (exact) mass is 351 g/mol. The van der Waals surface area contributed by atoms with Crippen molar-refractivity contribution in [2.45, 2.75) is 6.92 Å². The molecule has 2 aromatic rings. The topological polar surface area (TPSA) is 110 Å². The third kappa shape index (κ3) is 3.07. The molecule has 1 aliphatic heterocycles. The molecule has 0 saturated carbocycles. The van der Waals surface area contributed by atoms with E-state index in [1.165, 1.54) is 18.2 Å². The van der Waals surface area contributed by atoms with Gasteiger partial charge in [-0.2, -0.15) is 0 Å². The number of hydrogen-bond donors (Lipinski definition) is 1. The highest BCUT2D eigenvalue weighted by Crippen LogP contribution is 2.24. The van der Waals surface area contributed by atoms with E-state index in [9.17, 15) is 24.5 Å². The molecule has 0 aromatic heterocycles. The predicted molar refractivity (Wildman–Crippen MR) is 93.3 cm³/mol. The first-order chi connectivity index (χ1) is 12.4. The zero-order valence-electron chi connectivity index (χ0n) is 13.6. The smallest absolute Gasteiger partial charge is 0.273 e. The second-order valence-electron chi connectivity index (χ2n) is 5.60. The minimum Gasteiger partial charge on any atom is -0.273 e. The number of nitrogens with one attached hydrogen (secondary N) is 1. The first kappa shape index (κ1) is 17.0. The van der Waals surface area contributed by atoms with E-state index in [1.807, 2.05) is 0 Å². The van der Waals surface area contributed by atoms with Gasteiger partial charge in [0, 0.05) is 11.6 Å². The minimum absolute atomic E-state index is 0.126. The Bertz CT molecular complexity index is 966. The van der Waals surface area contributed by atoms with E-state index in [4.69, 9.17) is 0 Å². The first-order valence-electron chi connectivity index (χ1n) is 7.60. The van der Waals surface area contributed by atoms with Crippen molar-refractivity contribution in [2.75, 3.05) is 4.90 Å². The lowest BCUT2D eigenvalue weighted by atomic mass is 10.0. The Kier molecular flexibility index (Phi) is 4.32. The van der Waals surface area contributed by atoms with Crippen molar-refractivity contribution >= 4 is 35.3 Å². The van der Waals surface area contributed by atoms with E-state index in [2.05, 4.69) is 5.32 Å². The molecule has 1 heterocycles. The zero-order chi connectivity index (χ0) is 18.8. The van der Waals surface area contributed by atoms with Crippen molar-refractivity contribution in [2.24, 2.45) is 0 Å². The van der Waals surface area contributed by atoms with E-state index in [1.54, 1.807) is 43.3 Å². The highest BCUT2D eigenvalue weighted by atomic mass is 16.6. The predicted octanol–water partition coefficient (Wildman–Crippen LogP) is 2.57. The van der Waals surface area contributed by atoms with Crippen molar-refractivity contribution in [3.05, 3.63) is 75.3 Å². The highest BCUT2D eigenvalue weighted by Gasteiger charge is 2.36. The third-order valence-corrected chi connectivity index (χ3v) is 3.86. The second-order valence-corrected chi connectivity index (χ2v) is 5.60. The number of carbonyl (C=O) groups is 3. The summed E-state index contributed by atoms with van der Waals surface area (Å²) in [5, 5.41) is 13.2. The summed E-state index contributed by atoms with van der Waals surface area (Å²) in [4.78, 5) is 48.2. The largest absolute Gasteiger partial charge is 0.335 e. The normalized spacial score (nSPS) is 16.0. The van der Waals surface area contributed by atoms with Crippen LogP contribution in [0.15, 0.2) is 54.1 Å². The number of barbiturate groups is 1. The highest BCUT2D eigenvalue weighted by molar-refractivity contribution is 6.39. The average Bonchev–Trinajstić information content (AvgIpc) is 2.60. The van der Waals surface area contributed by atoms with Gasteiger partial charge in [-0.3, -0.25) is 25.0 Å². The van der Waals surface area contributed by atoms with Crippen molar-refractivity contribution < 1.29 is 19.3 Å². The van der Waals surface area contributed by atoms with Gasteiger partial charge in [0.15, 0.2) is 0 Å². The number of nitro groups is 1. The number of amides is 4. The number of urea groups is 1. The zero-order valence-corrected chi connectivity index (χ0v) is 13.6. The molecule has 1 fully saturated rings. The van der Waals surface area contributed by atoms with Gasteiger partial charge in [0.2, 0.25) is 0 Å². The van der Waals surface area contributed by atoms with Gasteiger partial charge >= 0.3 is 6.03 Å². The van der Waals surface area contributed by atoms with Crippen LogP contribution in [0.25, 0.3) is 6.08 Å². The van der Waals surface area contributed by atoms with Gasteiger partial charge in [0.25, 0.3) is 17.5 Å². The molecular weight excluding hydrogens is 338 g/mol. The SMILES string of the molecule is Cc1ccc(/C=C2\C(=O)NC(=O)N(c3ccccc3)C2=O)cc1[N+](=O)[O-]. The lowest BCUT2D eigenvalue weighted by Gasteiger charge is -2.26. The number of nitro benzene ring substituents is 1. The fourth-order valence-corrected chi connectivity index (χ4v) is 2.55. The van der Waals surface area contributed by atoms with E-state index >= 15 is 0 Å². The Morgan fingerprint density at radius 3 is 2.42 bits per heavy atom. The maximum Gasteiger partial charge on any atom is 0.335 e. The minimum atomic E-state index is -0.851. The number of para-hydroxylation sites is 1. The summed E-state index contributed by atoms with van der Waals surface area (Å²) in [7, 11) is 0. The summed E-state index contributed by atoms with van der Waals surface area (Å²) in [5.41, 5.74) is 0.662. The van der Waals surface area contributed by atoms with Crippen LogP contribution in [0, 0.1) is 17.0 Å². The summed E-state index contributed by atoms with van der Waals surface area (Å²) < 4.78 is 0. The fourth-order valence-electron chi connectivity index (χ4n) is 2.55. The second kappa shape index (κ2) is 6.60. The van der Waals surface area contributed by atoms with Crippen molar-refractivity contribution in [3.63, 3.8) is 0 Å². The molecular formula is C18H13N3O5. The summed E-state index contributed by atoms with van der Waals surface area (Å²) in [6.45, 7) is 1.59. The molecule has 0 unspecified atom stereocenters. The van der Waals surface area contributed by atoms with E-state index in [0.717, 1.165) is 4.90 Å². The molecule has 0 bridgehead atoms. The molecule has 8 nitrogen and oxygen atoms in total. The van der Waals surface area contributed by atoms with Crippen LogP contribution in [0.3, 0.4) is 0 Å². The number of hydrogen-bond acceptors (Lipinski definition) is 5. The first-order valence-corrected chi connectivity index (χ1v) is 7.60. The average molecular weight is 351 g/mol. The van der Waals surface area contributed by atoms with Gasteiger partial charge in [0.1, 0.15) is 5.57 Å². The molecule has 1 aliphatic rings. The molecule has 0 atom stereocenters. The quantitative estimate of drug-likeness (QED) is 0.395. The Morgan fingerprint density at radius 1 is 1.08 bits per heavy atom. The van der Waals surface area contributed by atoms with Crippen LogP contribution < -0.4 is 10.2 Å². The maximum absolute atomic E-state index is 12.7. The van der Waals surface area contributed by atoms with E-state index in [0.29, 0.717) is 16.8 Å². The molecule has 8 heteroatoms. The molecule has 3 rings (SSSR count). The van der Waals surface area contributed by atoms with E-state index < -0.39 is 22.8 Å². The van der Waals surface area contributed by atoms with Crippen LogP contribution in [-0.2, 0) is 9.59 Å². The number of benzene rings is 2. The molecule has 0 radical (unpaired) electrons. The number of imide groups is 2. The Balaban J connectivity index is 2.04. The number of nitrogens with zero attached hydrogens (tertiary/aromatic N) is 2. The van der Waals surface area contributed by atoms with Crippen LogP contribution in [0.5, 0.6) is 0 Å². The molecule has 1 saturated heterocycles. The van der Waals surface area contributed by atoms with Crippen LogP contribution >= 0.6 is 0 Å². The summed E-state index contributed by atoms with van der Waals surface area (Å²) in [6.07, 6.45) is 1.23. The molecule has 4 amide bonds. The van der Waals surface area contributed by atoms with Crippen LogP contribution in [-0.4, -0.2) is 22.8 Å². The lowest BCUT2D eigenvalue weighted by molar-refractivity contribution is -0.385. The molecule has 1 N–H and O–H groups in total. The van der Waals surface area contributed by atoms with Gasteiger partial charge < -0.3 is 0 Å². The van der Waals surface area contributed by atoms with Crippen molar-refractivity contribution in [1.82, 2.24) is 5.32 Å². The Morgan fingerprint density at radius 2 is 1.77 bits per heavy atom. The molecule has 0 spiro atoms. The number of rotatable bonds is 3. The number of aryl methyl sites for hydroxylation is 1. The van der Waals surface area contributed by atoms with Crippen LogP contribution in [0.2, 0.25) is 0 Å². The van der Waals surface area contributed by atoms with E-state index in [-0.39, 0.29) is 11.3 Å². The third-order valence-electron chi connectivity index (χ3n) is 3.86. The summed E-state index contributed by atoms with van der Waals surface area (Å²) in [5.74, 6) is -1.65.